The molecule has 1 unspecified atom stereocenters. The van der Waals surface area contributed by atoms with Gasteiger partial charge in [0.05, 0.1) is 5.60 Å². The van der Waals surface area contributed by atoms with Crippen molar-refractivity contribution in [2.45, 2.75) is 45.1 Å². The van der Waals surface area contributed by atoms with Crippen LogP contribution in [0.2, 0.25) is 0 Å². The molecule has 0 radical (unpaired) electrons. The van der Waals surface area contributed by atoms with Gasteiger partial charge in [0.25, 0.3) is 0 Å². The average molecular weight is 199 g/mol. The van der Waals surface area contributed by atoms with E-state index in [-0.39, 0.29) is 0 Å². The van der Waals surface area contributed by atoms with Gasteiger partial charge in [0.2, 0.25) is 0 Å². The highest BCUT2D eigenvalue weighted by Gasteiger charge is 2.30. The van der Waals surface area contributed by atoms with Crippen LogP contribution in [-0.2, 0) is 4.79 Å². The van der Waals surface area contributed by atoms with Crippen LogP contribution in [0.25, 0.3) is 0 Å². The molecule has 1 aliphatic rings. The number of hydrogen-bond acceptors (Lipinski definition) is 3. The van der Waals surface area contributed by atoms with Gasteiger partial charge in [0, 0.05) is 25.9 Å². The highest BCUT2D eigenvalue weighted by Crippen LogP contribution is 2.20. The average Bonchev–Trinajstić information content (AvgIpc) is 2.45. The Kier molecular flexibility index (Phi) is 4.08. The second-order valence-corrected chi connectivity index (χ2v) is 4.52. The summed E-state index contributed by atoms with van der Waals surface area (Å²) >= 11 is 0. The quantitative estimate of drug-likeness (QED) is 0.723. The van der Waals surface area contributed by atoms with Gasteiger partial charge >= 0.3 is 0 Å². The molecule has 1 fully saturated rings. The van der Waals surface area contributed by atoms with Gasteiger partial charge in [0.1, 0.15) is 5.78 Å². The molecule has 0 aromatic heterocycles. The van der Waals surface area contributed by atoms with Crippen LogP contribution in [0.15, 0.2) is 0 Å². The maximum Gasteiger partial charge on any atom is 0.132 e. The Balaban J connectivity index is 2.12. The van der Waals surface area contributed by atoms with Crippen molar-refractivity contribution < 1.29 is 9.90 Å². The highest BCUT2D eigenvalue weighted by atomic mass is 16.3. The second kappa shape index (κ2) is 4.89. The SMILES string of the molecule is CCC(=O)CCCN1CCC(C)(O)C1. The van der Waals surface area contributed by atoms with E-state index < -0.39 is 5.60 Å². The molecule has 14 heavy (non-hydrogen) atoms. The van der Waals surface area contributed by atoms with Crippen molar-refractivity contribution in [1.29, 1.82) is 0 Å². The molecule has 0 saturated carbocycles. The van der Waals surface area contributed by atoms with Crippen molar-refractivity contribution in [2.75, 3.05) is 19.6 Å². The monoisotopic (exact) mass is 199 g/mol. The number of ketones is 1. The lowest BCUT2D eigenvalue weighted by Gasteiger charge is -2.18. The first kappa shape index (κ1) is 11.7. The number of β-amino-alcohol motifs (C(OH)–C–C–N with tert-alkyl or cyclic N) is 1. The maximum absolute atomic E-state index is 11.0. The summed E-state index contributed by atoms with van der Waals surface area (Å²) in [6.07, 6.45) is 3.13. The molecule has 82 valence electrons. The normalized spacial score (nSPS) is 28.2. The topological polar surface area (TPSA) is 40.5 Å². The summed E-state index contributed by atoms with van der Waals surface area (Å²) in [6, 6.07) is 0. The number of hydrogen-bond donors (Lipinski definition) is 1. The lowest BCUT2D eigenvalue weighted by molar-refractivity contribution is -0.118. The Morgan fingerprint density at radius 1 is 1.57 bits per heavy atom. The van der Waals surface area contributed by atoms with E-state index in [4.69, 9.17) is 0 Å². The predicted octanol–water partition coefficient (Wildman–Crippen LogP) is 1.20. The summed E-state index contributed by atoms with van der Waals surface area (Å²) in [5.41, 5.74) is -0.505. The molecule has 1 rings (SSSR count). The predicted molar refractivity (Wildman–Crippen MR) is 56.2 cm³/mol. The van der Waals surface area contributed by atoms with Crippen molar-refractivity contribution >= 4 is 5.78 Å². The second-order valence-electron chi connectivity index (χ2n) is 4.52. The minimum Gasteiger partial charge on any atom is -0.389 e. The Morgan fingerprint density at radius 2 is 2.29 bits per heavy atom. The molecule has 1 heterocycles. The summed E-state index contributed by atoms with van der Waals surface area (Å²) in [5, 5.41) is 9.71. The van der Waals surface area contributed by atoms with Gasteiger partial charge in [-0.05, 0) is 26.3 Å². The zero-order valence-corrected chi connectivity index (χ0v) is 9.25. The van der Waals surface area contributed by atoms with Crippen molar-refractivity contribution in [3.8, 4) is 0 Å². The molecule has 1 atom stereocenters. The molecule has 1 saturated heterocycles. The van der Waals surface area contributed by atoms with Gasteiger partial charge in [-0.2, -0.15) is 0 Å². The number of aliphatic hydroxyl groups is 1. The Labute approximate surface area is 86.1 Å². The first-order valence-corrected chi connectivity index (χ1v) is 5.50. The lowest BCUT2D eigenvalue weighted by atomic mass is 10.1. The van der Waals surface area contributed by atoms with Gasteiger partial charge in [-0.1, -0.05) is 6.92 Å². The fraction of sp³-hybridized carbons (Fsp3) is 0.909. The van der Waals surface area contributed by atoms with E-state index in [2.05, 4.69) is 4.90 Å². The molecule has 0 amide bonds. The third-order valence-electron chi connectivity index (χ3n) is 2.86. The van der Waals surface area contributed by atoms with Gasteiger partial charge in [-0.15, -0.1) is 0 Å². The van der Waals surface area contributed by atoms with Crippen LogP contribution < -0.4 is 0 Å². The van der Waals surface area contributed by atoms with E-state index in [1.54, 1.807) is 0 Å². The lowest BCUT2D eigenvalue weighted by Crippen LogP contribution is -2.30. The van der Waals surface area contributed by atoms with E-state index in [1.807, 2.05) is 13.8 Å². The minimum absolute atomic E-state index is 0.343. The molecular formula is C11H21NO2. The minimum atomic E-state index is -0.505. The van der Waals surface area contributed by atoms with Crippen LogP contribution in [0.4, 0.5) is 0 Å². The number of carbonyl (C=O) groups is 1. The van der Waals surface area contributed by atoms with E-state index in [9.17, 15) is 9.90 Å². The first-order valence-electron chi connectivity index (χ1n) is 5.50. The van der Waals surface area contributed by atoms with Gasteiger partial charge < -0.3 is 10.0 Å². The number of carbonyl (C=O) groups excluding carboxylic acids is 1. The number of nitrogens with zero attached hydrogens (tertiary/aromatic N) is 1. The summed E-state index contributed by atoms with van der Waals surface area (Å²) in [4.78, 5) is 13.3. The number of likely N-dealkylation sites (tertiary alicyclic amines) is 1. The molecular weight excluding hydrogens is 178 g/mol. The molecule has 0 aromatic carbocycles. The fourth-order valence-electron chi connectivity index (χ4n) is 1.91. The van der Waals surface area contributed by atoms with Crippen LogP contribution in [0.1, 0.15) is 39.5 Å². The number of Topliss-reactive ketones (excluding diaryl/α,β-unsaturated/α-hetero) is 1. The molecule has 0 bridgehead atoms. The number of rotatable bonds is 5. The first-order chi connectivity index (χ1) is 6.53. The third kappa shape index (κ3) is 3.76. The van der Waals surface area contributed by atoms with E-state index in [0.29, 0.717) is 18.6 Å². The van der Waals surface area contributed by atoms with E-state index in [1.165, 1.54) is 0 Å². The summed E-state index contributed by atoms with van der Waals surface area (Å²) < 4.78 is 0. The molecule has 3 heteroatoms. The van der Waals surface area contributed by atoms with E-state index in [0.717, 1.165) is 32.5 Å². The highest BCUT2D eigenvalue weighted by molar-refractivity contribution is 5.77. The summed E-state index contributed by atoms with van der Waals surface area (Å²) in [7, 11) is 0. The van der Waals surface area contributed by atoms with Crippen LogP contribution >= 0.6 is 0 Å². The smallest absolute Gasteiger partial charge is 0.132 e. The largest absolute Gasteiger partial charge is 0.389 e. The van der Waals surface area contributed by atoms with Crippen LogP contribution in [0.5, 0.6) is 0 Å². The summed E-state index contributed by atoms with van der Waals surface area (Å²) in [6.45, 7) is 6.45. The zero-order chi connectivity index (χ0) is 10.6. The van der Waals surface area contributed by atoms with Crippen molar-refractivity contribution in [3.63, 3.8) is 0 Å². The van der Waals surface area contributed by atoms with Crippen molar-refractivity contribution in [3.05, 3.63) is 0 Å². The molecule has 0 aliphatic carbocycles. The Hall–Kier alpha value is -0.410. The maximum atomic E-state index is 11.0. The standard InChI is InChI=1S/C11H21NO2/c1-3-10(13)5-4-7-12-8-6-11(2,14)9-12/h14H,3-9H2,1-2H3. The summed E-state index contributed by atoms with van der Waals surface area (Å²) in [5.74, 6) is 0.343. The van der Waals surface area contributed by atoms with Crippen LogP contribution in [0, 0.1) is 0 Å². The molecule has 0 spiro atoms. The molecule has 1 N–H and O–H groups in total. The van der Waals surface area contributed by atoms with Gasteiger partial charge in [0.15, 0.2) is 0 Å². The van der Waals surface area contributed by atoms with Crippen LogP contribution in [0.3, 0.4) is 0 Å². The van der Waals surface area contributed by atoms with Crippen molar-refractivity contribution in [2.24, 2.45) is 0 Å². The van der Waals surface area contributed by atoms with E-state index >= 15 is 0 Å². The van der Waals surface area contributed by atoms with Crippen LogP contribution in [-0.4, -0.2) is 41.0 Å². The fourth-order valence-corrected chi connectivity index (χ4v) is 1.91. The van der Waals surface area contributed by atoms with Gasteiger partial charge in [-0.3, -0.25) is 4.79 Å². The molecule has 0 aromatic rings. The van der Waals surface area contributed by atoms with Gasteiger partial charge in [-0.25, -0.2) is 0 Å². The molecule has 1 aliphatic heterocycles. The Morgan fingerprint density at radius 3 is 2.79 bits per heavy atom. The van der Waals surface area contributed by atoms with Crippen molar-refractivity contribution in [1.82, 2.24) is 4.90 Å². The molecule has 3 nitrogen and oxygen atoms in total. The third-order valence-corrected chi connectivity index (χ3v) is 2.86. The zero-order valence-electron chi connectivity index (χ0n) is 9.25. The Bertz CT molecular complexity index is 201.